The molecule has 1 aromatic heterocycles. The van der Waals surface area contributed by atoms with E-state index in [1.165, 1.54) is 0 Å². The number of hydrogen-bond donors (Lipinski definition) is 3. The molecule has 2 rings (SSSR count). The molecule has 8 nitrogen and oxygen atoms in total. The molecule has 2 amide bonds. The van der Waals surface area contributed by atoms with Crippen LogP contribution in [0.5, 0.6) is 0 Å². The van der Waals surface area contributed by atoms with Gasteiger partial charge < -0.3 is 20.5 Å². The minimum absolute atomic E-state index is 0.0664. The number of carbonyl (C=O) groups is 3. The Morgan fingerprint density at radius 2 is 1.72 bits per heavy atom. The van der Waals surface area contributed by atoms with Crippen molar-refractivity contribution in [3.8, 4) is 0 Å². The summed E-state index contributed by atoms with van der Waals surface area (Å²) in [6.07, 6.45) is 3.59. The molecule has 8 heteroatoms. The van der Waals surface area contributed by atoms with E-state index in [0.717, 1.165) is 12.0 Å². The fraction of sp³-hybridized carbons (Fsp3) is 0.417. The smallest absolute Gasteiger partial charge is 0.408 e. The van der Waals surface area contributed by atoms with Gasteiger partial charge in [0.25, 0.3) is 0 Å². The molecule has 0 fully saturated rings. The molecular formula is C24H31N3O5. The molecule has 0 radical (unpaired) electrons. The monoisotopic (exact) mass is 441 g/mol. The minimum atomic E-state index is -1.16. The van der Waals surface area contributed by atoms with Gasteiger partial charge in [0.15, 0.2) is 0 Å². The highest BCUT2D eigenvalue weighted by Crippen LogP contribution is 2.26. The van der Waals surface area contributed by atoms with Crippen LogP contribution in [0.25, 0.3) is 0 Å². The minimum Gasteiger partial charge on any atom is -0.480 e. The molecule has 0 bridgehead atoms. The first-order valence-corrected chi connectivity index (χ1v) is 10.6. The molecule has 1 unspecified atom stereocenters. The molecule has 2 aromatic rings. The van der Waals surface area contributed by atoms with E-state index < -0.39 is 30.1 Å². The summed E-state index contributed by atoms with van der Waals surface area (Å²) >= 11 is 0. The van der Waals surface area contributed by atoms with Gasteiger partial charge in [-0.15, -0.1) is 0 Å². The van der Waals surface area contributed by atoms with E-state index in [2.05, 4.69) is 15.6 Å². The molecule has 0 saturated heterocycles. The topological polar surface area (TPSA) is 118 Å². The summed E-state index contributed by atoms with van der Waals surface area (Å²) in [5.74, 6) is -1.73. The molecule has 3 N–H and O–H groups in total. The Morgan fingerprint density at radius 3 is 2.31 bits per heavy atom. The maximum absolute atomic E-state index is 13.0. The second-order valence-corrected chi connectivity index (χ2v) is 8.45. The summed E-state index contributed by atoms with van der Waals surface area (Å²) in [6, 6.07) is 10.5. The molecule has 0 aliphatic rings. The fourth-order valence-corrected chi connectivity index (χ4v) is 3.04. The van der Waals surface area contributed by atoms with Crippen LogP contribution in [0.3, 0.4) is 0 Å². The maximum Gasteiger partial charge on any atom is 0.408 e. The number of ether oxygens (including phenoxy) is 1. The molecule has 32 heavy (non-hydrogen) atoms. The van der Waals surface area contributed by atoms with Gasteiger partial charge in [-0.2, -0.15) is 0 Å². The Kier molecular flexibility index (Phi) is 9.19. The summed E-state index contributed by atoms with van der Waals surface area (Å²) in [5, 5.41) is 14.8. The van der Waals surface area contributed by atoms with Crippen LogP contribution in [0.1, 0.15) is 44.7 Å². The van der Waals surface area contributed by atoms with Gasteiger partial charge >= 0.3 is 12.1 Å². The number of benzene rings is 1. The first-order chi connectivity index (χ1) is 15.2. The SMILES string of the molecule is CCC(C)(C)C[C@@H](NC(=O)OCc1ccccc1)C(=O)NC(Cc1cccnc1)C(=O)O. The maximum atomic E-state index is 13.0. The molecule has 2 atom stereocenters. The Balaban J connectivity index is 2.06. The molecule has 0 aliphatic heterocycles. The number of nitrogens with one attached hydrogen (secondary N) is 2. The van der Waals surface area contributed by atoms with Gasteiger partial charge in [-0.25, -0.2) is 9.59 Å². The third-order valence-electron chi connectivity index (χ3n) is 5.31. The van der Waals surface area contributed by atoms with E-state index >= 15 is 0 Å². The number of amides is 2. The van der Waals surface area contributed by atoms with Crippen LogP contribution in [0, 0.1) is 5.41 Å². The number of carbonyl (C=O) groups excluding carboxylic acids is 2. The number of aromatic nitrogens is 1. The van der Waals surface area contributed by atoms with E-state index in [9.17, 15) is 19.5 Å². The van der Waals surface area contributed by atoms with Crippen LogP contribution in [0.4, 0.5) is 4.79 Å². The number of hydrogen-bond acceptors (Lipinski definition) is 5. The third kappa shape index (κ3) is 8.37. The first-order valence-electron chi connectivity index (χ1n) is 10.6. The molecule has 172 valence electrons. The predicted molar refractivity (Wildman–Crippen MR) is 120 cm³/mol. The molecule has 1 heterocycles. The van der Waals surface area contributed by atoms with E-state index in [0.29, 0.717) is 12.0 Å². The average Bonchev–Trinajstić information content (AvgIpc) is 2.78. The van der Waals surface area contributed by atoms with Gasteiger partial charge in [0, 0.05) is 18.8 Å². The van der Waals surface area contributed by atoms with Crippen molar-refractivity contribution in [2.45, 2.75) is 58.7 Å². The third-order valence-corrected chi connectivity index (χ3v) is 5.31. The fourth-order valence-electron chi connectivity index (χ4n) is 3.04. The van der Waals surface area contributed by atoms with Crippen molar-refractivity contribution in [1.82, 2.24) is 15.6 Å². The highest BCUT2D eigenvalue weighted by molar-refractivity contribution is 5.89. The van der Waals surface area contributed by atoms with E-state index in [1.807, 2.05) is 51.1 Å². The van der Waals surface area contributed by atoms with Crippen molar-refractivity contribution in [2.75, 3.05) is 0 Å². The van der Waals surface area contributed by atoms with Gasteiger partial charge in [-0.1, -0.05) is 63.6 Å². The molecule has 0 saturated carbocycles. The van der Waals surface area contributed by atoms with Crippen molar-refractivity contribution < 1.29 is 24.2 Å². The Hall–Kier alpha value is -3.42. The zero-order chi connectivity index (χ0) is 23.6. The second-order valence-electron chi connectivity index (χ2n) is 8.45. The molecular weight excluding hydrogens is 410 g/mol. The highest BCUT2D eigenvalue weighted by atomic mass is 16.5. The largest absolute Gasteiger partial charge is 0.480 e. The second kappa shape index (κ2) is 11.8. The van der Waals surface area contributed by atoms with Crippen LogP contribution in [-0.4, -0.2) is 40.1 Å². The summed E-state index contributed by atoms with van der Waals surface area (Å²) in [4.78, 5) is 41.1. The first kappa shape index (κ1) is 24.8. The Bertz CT molecular complexity index is 887. The van der Waals surface area contributed by atoms with Crippen LogP contribution in [0.2, 0.25) is 0 Å². The summed E-state index contributed by atoms with van der Waals surface area (Å²) in [6.45, 7) is 6.02. The lowest BCUT2D eigenvalue weighted by molar-refractivity contribution is -0.142. The Morgan fingerprint density at radius 1 is 1.03 bits per heavy atom. The highest BCUT2D eigenvalue weighted by Gasteiger charge is 2.31. The number of rotatable bonds is 11. The van der Waals surface area contributed by atoms with E-state index in [-0.39, 0.29) is 18.4 Å². The van der Waals surface area contributed by atoms with Crippen molar-refractivity contribution >= 4 is 18.0 Å². The predicted octanol–water partition coefficient (Wildman–Crippen LogP) is 3.31. The van der Waals surface area contributed by atoms with Gasteiger partial charge in [0.2, 0.25) is 5.91 Å². The van der Waals surface area contributed by atoms with Crippen molar-refractivity contribution in [2.24, 2.45) is 5.41 Å². The van der Waals surface area contributed by atoms with Crippen molar-refractivity contribution in [3.05, 3.63) is 66.0 Å². The lowest BCUT2D eigenvalue weighted by Crippen LogP contribution is -2.53. The molecule has 0 aliphatic carbocycles. The lowest BCUT2D eigenvalue weighted by Gasteiger charge is -2.29. The molecule has 0 spiro atoms. The van der Waals surface area contributed by atoms with Crippen molar-refractivity contribution in [1.29, 1.82) is 0 Å². The normalized spacial score (nSPS) is 13.0. The number of pyridine rings is 1. The zero-order valence-electron chi connectivity index (χ0n) is 18.7. The number of carboxylic acids is 1. The van der Waals surface area contributed by atoms with E-state index in [1.54, 1.807) is 24.5 Å². The summed E-state index contributed by atoms with van der Waals surface area (Å²) in [7, 11) is 0. The number of aliphatic carboxylic acids is 1. The average molecular weight is 442 g/mol. The van der Waals surface area contributed by atoms with Crippen LogP contribution >= 0.6 is 0 Å². The molecule has 1 aromatic carbocycles. The standard InChI is InChI=1S/C24H31N3O5/c1-4-24(2,3)14-20(27-23(31)32-16-17-9-6-5-7-10-17)21(28)26-19(22(29)30)13-18-11-8-12-25-15-18/h5-12,15,19-20H,4,13-14,16H2,1-3H3,(H,26,28)(H,27,31)(H,29,30)/t19?,20-/m1/s1. The Labute approximate surface area is 188 Å². The van der Waals surface area contributed by atoms with Gasteiger partial charge in [0.1, 0.15) is 18.7 Å². The van der Waals surface area contributed by atoms with Gasteiger partial charge in [-0.3, -0.25) is 9.78 Å². The summed E-state index contributed by atoms with van der Waals surface area (Å²) < 4.78 is 5.25. The van der Waals surface area contributed by atoms with Crippen molar-refractivity contribution in [3.63, 3.8) is 0 Å². The van der Waals surface area contributed by atoms with Crippen LogP contribution < -0.4 is 10.6 Å². The quantitative estimate of drug-likeness (QED) is 0.492. The van der Waals surface area contributed by atoms with E-state index in [4.69, 9.17) is 4.74 Å². The van der Waals surface area contributed by atoms with Crippen LogP contribution in [0.15, 0.2) is 54.9 Å². The lowest BCUT2D eigenvalue weighted by atomic mass is 9.83. The number of nitrogens with zero attached hydrogens (tertiary/aromatic N) is 1. The van der Waals surface area contributed by atoms with Crippen LogP contribution in [-0.2, 0) is 27.4 Å². The van der Waals surface area contributed by atoms with Gasteiger partial charge in [-0.05, 0) is 29.0 Å². The number of carboxylic acid groups (broad SMARTS) is 1. The summed E-state index contributed by atoms with van der Waals surface area (Å²) in [5.41, 5.74) is 1.25. The number of alkyl carbamates (subject to hydrolysis) is 1. The van der Waals surface area contributed by atoms with Gasteiger partial charge in [0.05, 0.1) is 0 Å². The zero-order valence-corrected chi connectivity index (χ0v) is 18.7.